The fourth-order valence-electron chi connectivity index (χ4n) is 2.30. The first-order valence-corrected chi connectivity index (χ1v) is 6.37. The van der Waals surface area contributed by atoms with E-state index in [1.54, 1.807) is 6.07 Å². The number of nitrogens with one attached hydrogen (secondary N) is 1. The van der Waals surface area contributed by atoms with Crippen molar-refractivity contribution in [3.8, 4) is 5.75 Å². The van der Waals surface area contributed by atoms with Crippen LogP contribution in [0, 0.1) is 5.82 Å². The van der Waals surface area contributed by atoms with E-state index in [1.807, 2.05) is 7.05 Å². The largest absolute Gasteiger partial charge is 0.487 e. The lowest BCUT2D eigenvalue weighted by Gasteiger charge is -2.31. The van der Waals surface area contributed by atoms with Crippen LogP contribution in [0.4, 0.5) is 4.39 Å². The second-order valence-corrected chi connectivity index (χ2v) is 4.82. The minimum atomic E-state index is -0.337. The van der Waals surface area contributed by atoms with E-state index >= 15 is 0 Å². The van der Waals surface area contributed by atoms with Crippen molar-refractivity contribution in [3.63, 3.8) is 0 Å². The van der Waals surface area contributed by atoms with Gasteiger partial charge in [0.1, 0.15) is 17.7 Å². The van der Waals surface area contributed by atoms with Gasteiger partial charge in [-0.1, -0.05) is 18.0 Å². The molecule has 0 aromatic heterocycles. The summed E-state index contributed by atoms with van der Waals surface area (Å²) < 4.78 is 18.8. The van der Waals surface area contributed by atoms with E-state index in [9.17, 15) is 4.39 Å². The molecule has 94 valence electrons. The van der Waals surface area contributed by atoms with Gasteiger partial charge in [0.05, 0.1) is 5.02 Å². The number of halogens is 2. The lowest BCUT2D eigenvalue weighted by molar-refractivity contribution is 0.118. The Balaban J connectivity index is 2.08. The van der Waals surface area contributed by atoms with Crippen molar-refractivity contribution < 1.29 is 9.13 Å². The Morgan fingerprint density at radius 3 is 2.82 bits per heavy atom. The molecule has 1 saturated carbocycles. The van der Waals surface area contributed by atoms with E-state index in [0.29, 0.717) is 16.8 Å². The van der Waals surface area contributed by atoms with Crippen molar-refractivity contribution >= 4 is 11.6 Å². The number of benzene rings is 1. The highest BCUT2D eigenvalue weighted by molar-refractivity contribution is 6.32. The molecule has 17 heavy (non-hydrogen) atoms. The monoisotopic (exact) mass is 257 g/mol. The molecule has 2 rings (SSSR count). The first kappa shape index (κ1) is 12.7. The van der Waals surface area contributed by atoms with Crippen LogP contribution < -0.4 is 10.1 Å². The zero-order valence-electron chi connectivity index (χ0n) is 9.88. The van der Waals surface area contributed by atoms with Gasteiger partial charge in [-0.05, 0) is 44.5 Å². The third-order valence-electron chi connectivity index (χ3n) is 3.25. The van der Waals surface area contributed by atoms with Crippen molar-refractivity contribution in [1.82, 2.24) is 5.32 Å². The molecule has 0 heterocycles. The number of likely N-dealkylation sites (N-methyl/N-ethyl adjacent to an activating group) is 1. The molecule has 2 atom stereocenters. The van der Waals surface area contributed by atoms with Gasteiger partial charge >= 0.3 is 0 Å². The van der Waals surface area contributed by atoms with Gasteiger partial charge < -0.3 is 10.1 Å². The van der Waals surface area contributed by atoms with E-state index < -0.39 is 0 Å². The van der Waals surface area contributed by atoms with Crippen LogP contribution in [0.2, 0.25) is 5.02 Å². The van der Waals surface area contributed by atoms with E-state index in [4.69, 9.17) is 16.3 Å². The highest BCUT2D eigenvalue weighted by Gasteiger charge is 2.25. The van der Waals surface area contributed by atoms with Crippen LogP contribution in [0.5, 0.6) is 5.75 Å². The average Bonchev–Trinajstić information content (AvgIpc) is 2.33. The minimum Gasteiger partial charge on any atom is -0.487 e. The first-order valence-electron chi connectivity index (χ1n) is 5.99. The average molecular weight is 258 g/mol. The highest BCUT2D eigenvalue weighted by atomic mass is 35.5. The molecule has 0 aliphatic heterocycles. The Labute approximate surface area is 106 Å². The number of hydrogen-bond acceptors (Lipinski definition) is 2. The molecular weight excluding hydrogens is 241 g/mol. The zero-order chi connectivity index (χ0) is 12.3. The standard InChI is InChI=1S/C13H17ClFNO/c1-16-11-4-2-3-5-13(11)17-12-7-6-9(15)8-10(12)14/h6-8,11,13,16H,2-5H2,1H3. The molecule has 0 spiro atoms. The van der Waals surface area contributed by atoms with Crippen LogP contribution in [-0.4, -0.2) is 19.2 Å². The van der Waals surface area contributed by atoms with Gasteiger partial charge in [-0.15, -0.1) is 0 Å². The quantitative estimate of drug-likeness (QED) is 0.896. The Morgan fingerprint density at radius 1 is 1.35 bits per heavy atom. The summed E-state index contributed by atoms with van der Waals surface area (Å²) in [5.74, 6) is 0.233. The summed E-state index contributed by atoms with van der Waals surface area (Å²) in [7, 11) is 1.94. The molecule has 0 saturated heterocycles. The number of ether oxygens (including phenoxy) is 1. The van der Waals surface area contributed by atoms with Gasteiger partial charge in [0.25, 0.3) is 0 Å². The Bertz CT molecular complexity index is 386. The maximum absolute atomic E-state index is 12.9. The molecule has 1 aromatic carbocycles. The predicted molar refractivity (Wildman–Crippen MR) is 67.1 cm³/mol. The van der Waals surface area contributed by atoms with Crippen LogP contribution in [0.1, 0.15) is 25.7 Å². The van der Waals surface area contributed by atoms with E-state index in [-0.39, 0.29) is 11.9 Å². The molecule has 1 N–H and O–H groups in total. The fourth-order valence-corrected chi connectivity index (χ4v) is 2.51. The summed E-state index contributed by atoms with van der Waals surface area (Å²) in [4.78, 5) is 0. The lowest BCUT2D eigenvalue weighted by atomic mass is 9.92. The Kier molecular flexibility index (Phi) is 4.24. The molecule has 1 aliphatic rings. The molecular formula is C13H17ClFNO. The van der Waals surface area contributed by atoms with Crippen molar-refractivity contribution in [2.75, 3.05) is 7.05 Å². The molecule has 0 radical (unpaired) electrons. The second kappa shape index (κ2) is 5.69. The molecule has 0 amide bonds. The van der Waals surface area contributed by atoms with Crippen molar-refractivity contribution in [3.05, 3.63) is 29.0 Å². The van der Waals surface area contributed by atoms with Crippen LogP contribution in [-0.2, 0) is 0 Å². The Morgan fingerprint density at radius 2 is 2.12 bits per heavy atom. The minimum absolute atomic E-state index is 0.122. The summed E-state index contributed by atoms with van der Waals surface area (Å²) in [5, 5.41) is 3.60. The number of hydrogen-bond donors (Lipinski definition) is 1. The van der Waals surface area contributed by atoms with Gasteiger partial charge in [-0.3, -0.25) is 0 Å². The zero-order valence-corrected chi connectivity index (χ0v) is 10.6. The summed E-state index contributed by atoms with van der Waals surface area (Å²) in [6, 6.07) is 4.61. The van der Waals surface area contributed by atoms with Gasteiger partial charge in [0.2, 0.25) is 0 Å². The molecule has 0 bridgehead atoms. The van der Waals surface area contributed by atoms with Gasteiger partial charge in [0, 0.05) is 6.04 Å². The van der Waals surface area contributed by atoms with Crippen LogP contribution in [0.15, 0.2) is 18.2 Å². The third-order valence-corrected chi connectivity index (χ3v) is 3.54. The van der Waals surface area contributed by atoms with Gasteiger partial charge in [0.15, 0.2) is 0 Å². The van der Waals surface area contributed by atoms with Crippen molar-refractivity contribution in [2.24, 2.45) is 0 Å². The molecule has 2 unspecified atom stereocenters. The van der Waals surface area contributed by atoms with Crippen molar-refractivity contribution in [1.29, 1.82) is 0 Å². The topological polar surface area (TPSA) is 21.3 Å². The van der Waals surface area contributed by atoms with Crippen molar-refractivity contribution in [2.45, 2.75) is 37.8 Å². The Hall–Kier alpha value is -0.800. The smallest absolute Gasteiger partial charge is 0.138 e. The van der Waals surface area contributed by atoms with Crippen LogP contribution in [0.3, 0.4) is 0 Å². The van der Waals surface area contributed by atoms with E-state index in [2.05, 4.69) is 5.32 Å². The summed E-state index contributed by atoms with van der Waals surface area (Å²) in [5.41, 5.74) is 0. The fraction of sp³-hybridized carbons (Fsp3) is 0.538. The molecule has 4 heteroatoms. The second-order valence-electron chi connectivity index (χ2n) is 4.41. The molecule has 1 fully saturated rings. The summed E-state index contributed by atoms with van der Waals surface area (Å²) in [6.07, 6.45) is 4.64. The third kappa shape index (κ3) is 3.11. The normalized spacial score (nSPS) is 24.6. The predicted octanol–water partition coefficient (Wildman–Crippen LogP) is 3.39. The molecule has 1 aliphatic carbocycles. The highest BCUT2D eigenvalue weighted by Crippen LogP contribution is 2.29. The summed E-state index contributed by atoms with van der Waals surface area (Å²) >= 11 is 5.95. The maximum Gasteiger partial charge on any atom is 0.138 e. The van der Waals surface area contributed by atoms with Crippen LogP contribution >= 0.6 is 11.6 Å². The van der Waals surface area contributed by atoms with E-state index in [1.165, 1.54) is 25.0 Å². The molecule has 1 aromatic rings. The van der Waals surface area contributed by atoms with Crippen LogP contribution in [0.25, 0.3) is 0 Å². The maximum atomic E-state index is 12.9. The summed E-state index contributed by atoms with van der Waals surface area (Å²) in [6.45, 7) is 0. The molecule has 2 nitrogen and oxygen atoms in total. The van der Waals surface area contributed by atoms with Gasteiger partial charge in [-0.2, -0.15) is 0 Å². The number of rotatable bonds is 3. The van der Waals surface area contributed by atoms with Gasteiger partial charge in [-0.25, -0.2) is 4.39 Å². The SMILES string of the molecule is CNC1CCCCC1Oc1ccc(F)cc1Cl. The van der Waals surface area contributed by atoms with E-state index in [0.717, 1.165) is 12.8 Å². The lowest BCUT2D eigenvalue weighted by Crippen LogP contribution is -2.43. The first-order chi connectivity index (χ1) is 8.20.